The predicted octanol–water partition coefficient (Wildman–Crippen LogP) is 3.06. The zero-order valence-electron chi connectivity index (χ0n) is 13.0. The van der Waals surface area contributed by atoms with Crippen LogP contribution < -0.4 is 10.5 Å². The summed E-state index contributed by atoms with van der Waals surface area (Å²) in [5, 5.41) is 1.43. The Hall–Kier alpha value is -1.27. The van der Waals surface area contributed by atoms with Crippen molar-refractivity contribution in [3.05, 3.63) is 35.5 Å². The second-order valence-corrected chi connectivity index (χ2v) is 5.88. The monoisotopic (exact) mass is 391 g/mol. The normalized spacial score (nSPS) is 16.9. The number of aromatic nitrogens is 1. The van der Waals surface area contributed by atoms with Crippen molar-refractivity contribution < 1.29 is 9.53 Å². The van der Waals surface area contributed by atoms with Gasteiger partial charge in [0.2, 0.25) is 0 Å². The van der Waals surface area contributed by atoms with Gasteiger partial charge in [0, 0.05) is 30.7 Å². The first-order valence-electron chi connectivity index (χ1n) is 7.34. The number of nitrogens with two attached hydrogens (primary N) is 1. The quantitative estimate of drug-likeness (QED) is 0.871. The third-order valence-electron chi connectivity index (χ3n) is 3.84. The molecule has 1 aliphatic heterocycles. The lowest BCUT2D eigenvalue weighted by atomic mass is 10.1. The van der Waals surface area contributed by atoms with Crippen molar-refractivity contribution in [1.82, 2.24) is 9.88 Å². The summed E-state index contributed by atoms with van der Waals surface area (Å²) in [5.74, 6) is 0.517. The Morgan fingerprint density at radius 3 is 2.92 bits per heavy atom. The van der Waals surface area contributed by atoms with Gasteiger partial charge in [0.1, 0.15) is 11.3 Å². The van der Waals surface area contributed by atoms with Crippen LogP contribution in [-0.2, 0) is 4.79 Å². The number of fused-ring (bicyclic) bond motifs is 1. The third-order valence-corrected chi connectivity index (χ3v) is 4.17. The number of nitrogens with zero attached hydrogens (tertiary/aromatic N) is 2. The summed E-state index contributed by atoms with van der Waals surface area (Å²) < 4.78 is 5.67. The number of likely N-dealkylation sites (tertiary alicyclic amines) is 1. The summed E-state index contributed by atoms with van der Waals surface area (Å²) >= 11 is 6.14. The number of hydrogen-bond donors (Lipinski definition) is 1. The van der Waals surface area contributed by atoms with Crippen LogP contribution in [0.2, 0.25) is 5.02 Å². The van der Waals surface area contributed by atoms with Gasteiger partial charge < -0.3 is 15.4 Å². The van der Waals surface area contributed by atoms with Crippen molar-refractivity contribution in [2.75, 3.05) is 19.7 Å². The molecule has 1 aromatic heterocycles. The van der Waals surface area contributed by atoms with Crippen LogP contribution >= 0.6 is 36.4 Å². The zero-order valence-corrected chi connectivity index (χ0v) is 15.4. The SMILES string of the molecule is Cl.Cl.NC1CCCN(C(=O)COc2ccc(Cl)c3cccnc23)C1. The number of carbonyl (C=O) groups is 1. The van der Waals surface area contributed by atoms with E-state index in [0.29, 0.717) is 22.8 Å². The lowest BCUT2D eigenvalue weighted by Gasteiger charge is -2.30. The molecule has 132 valence electrons. The lowest BCUT2D eigenvalue weighted by molar-refractivity contribution is -0.134. The van der Waals surface area contributed by atoms with E-state index in [2.05, 4.69) is 4.98 Å². The van der Waals surface area contributed by atoms with E-state index in [0.717, 1.165) is 24.8 Å². The molecule has 1 aromatic carbocycles. The highest BCUT2D eigenvalue weighted by atomic mass is 35.5. The van der Waals surface area contributed by atoms with Crippen LogP contribution in [0.25, 0.3) is 10.9 Å². The highest BCUT2D eigenvalue weighted by molar-refractivity contribution is 6.35. The molecule has 0 bridgehead atoms. The number of amides is 1. The lowest BCUT2D eigenvalue weighted by Crippen LogP contribution is -2.47. The zero-order chi connectivity index (χ0) is 15.5. The Balaban J connectivity index is 0.00000144. The molecule has 0 saturated carbocycles. The summed E-state index contributed by atoms with van der Waals surface area (Å²) in [6, 6.07) is 7.26. The molecule has 5 nitrogen and oxygen atoms in total. The smallest absolute Gasteiger partial charge is 0.260 e. The van der Waals surface area contributed by atoms with E-state index in [4.69, 9.17) is 22.1 Å². The fraction of sp³-hybridized carbons (Fsp3) is 0.375. The molecular weight excluding hydrogens is 373 g/mol. The molecular formula is C16H20Cl3N3O2. The van der Waals surface area contributed by atoms with Crippen molar-refractivity contribution in [2.45, 2.75) is 18.9 Å². The van der Waals surface area contributed by atoms with Crippen LogP contribution in [0.4, 0.5) is 0 Å². The Bertz CT molecular complexity index is 699. The van der Waals surface area contributed by atoms with Crippen molar-refractivity contribution >= 4 is 53.2 Å². The van der Waals surface area contributed by atoms with E-state index in [1.54, 1.807) is 23.2 Å². The maximum Gasteiger partial charge on any atom is 0.260 e. The van der Waals surface area contributed by atoms with E-state index < -0.39 is 0 Å². The third kappa shape index (κ3) is 4.63. The number of piperidine rings is 1. The van der Waals surface area contributed by atoms with Gasteiger partial charge in [0.25, 0.3) is 5.91 Å². The van der Waals surface area contributed by atoms with Gasteiger partial charge in [0.15, 0.2) is 6.61 Å². The molecule has 1 atom stereocenters. The van der Waals surface area contributed by atoms with Gasteiger partial charge in [-0.2, -0.15) is 0 Å². The highest BCUT2D eigenvalue weighted by Crippen LogP contribution is 2.29. The molecule has 1 fully saturated rings. The Kier molecular flexibility index (Phi) is 8.03. The molecule has 1 amide bonds. The largest absolute Gasteiger partial charge is 0.481 e. The minimum atomic E-state index is -0.0471. The number of ether oxygens (including phenoxy) is 1. The van der Waals surface area contributed by atoms with Gasteiger partial charge in [-0.1, -0.05) is 11.6 Å². The van der Waals surface area contributed by atoms with Crippen molar-refractivity contribution in [2.24, 2.45) is 5.73 Å². The van der Waals surface area contributed by atoms with Gasteiger partial charge in [-0.25, -0.2) is 0 Å². The topological polar surface area (TPSA) is 68.5 Å². The van der Waals surface area contributed by atoms with Crippen LogP contribution in [0.1, 0.15) is 12.8 Å². The van der Waals surface area contributed by atoms with Crippen LogP contribution in [0.5, 0.6) is 5.75 Å². The molecule has 0 spiro atoms. The van der Waals surface area contributed by atoms with Gasteiger partial charge >= 0.3 is 0 Å². The number of halogens is 3. The summed E-state index contributed by atoms with van der Waals surface area (Å²) in [6.07, 6.45) is 3.59. The first-order chi connectivity index (χ1) is 10.6. The molecule has 1 saturated heterocycles. The molecule has 8 heteroatoms. The van der Waals surface area contributed by atoms with Crippen molar-refractivity contribution in [3.63, 3.8) is 0 Å². The molecule has 1 unspecified atom stereocenters. The number of pyridine rings is 1. The first kappa shape index (κ1) is 20.8. The van der Waals surface area contributed by atoms with E-state index in [1.165, 1.54) is 0 Å². The van der Waals surface area contributed by atoms with Crippen LogP contribution in [0, 0.1) is 0 Å². The van der Waals surface area contributed by atoms with Gasteiger partial charge in [-0.15, -0.1) is 24.8 Å². The first-order valence-corrected chi connectivity index (χ1v) is 7.72. The average molecular weight is 393 g/mol. The number of carbonyl (C=O) groups excluding carboxylic acids is 1. The Morgan fingerprint density at radius 2 is 2.17 bits per heavy atom. The standard InChI is InChI=1S/C16H18ClN3O2.2ClH/c17-13-5-6-14(16-12(13)4-1-7-19-16)22-10-15(21)20-8-2-3-11(18)9-20;;/h1,4-7,11H,2-3,8-10,18H2;2*1H. The van der Waals surface area contributed by atoms with Crippen molar-refractivity contribution in [1.29, 1.82) is 0 Å². The average Bonchev–Trinajstić information content (AvgIpc) is 2.54. The molecule has 0 radical (unpaired) electrons. The molecule has 0 aliphatic carbocycles. The van der Waals surface area contributed by atoms with Gasteiger partial charge in [-0.05, 0) is 37.1 Å². The molecule has 24 heavy (non-hydrogen) atoms. The van der Waals surface area contributed by atoms with E-state index in [9.17, 15) is 4.79 Å². The van der Waals surface area contributed by atoms with E-state index >= 15 is 0 Å². The van der Waals surface area contributed by atoms with Crippen LogP contribution in [0.15, 0.2) is 30.5 Å². The minimum absolute atomic E-state index is 0. The molecule has 1 aliphatic rings. The van der Waals surface area contributed by atoms with Crippen molar-refractivity contribution in [3.8, 4) is 5.75 Å². The number of benzene rings is 1. The Morgan fingerprint density at radius 1 is 1.38 bits per heavy atom. The van der Waals surface area contributed by atoms with Crippen LogP contribution in [-0.4, -0.2) is 41.5 Å². The summed E-state index contributed by atoms with van der Waals surface area (Å²) in [6.45, 7) is 1.33. The fourth-order valence-electron chi connectivity index (χ4n) is 2.70. The maximum absolute atomic E-state index is 12.2. The minimum Gasteiger partial charge on any atom is -0.481 e. The second kappa shape index (κ2) is 9.28. The van der Waals surface area contributed by atoms with Gasteiger partial charge in [-0.3, -0.25) is 9.78 Å². The molecule has 2 N–H and O–H groups in total. The fourth-order valence-corrected chi connectivity index (χ4v) is 2.91. The maximum atomic E-state index is 12.2. The molecule has 2 heterocycles. The Labute approximate surface area is 158 Å². The second-order valence-electron chi connectivity index (χ2n) is 5.48. The van der Waals surface area contributed by atoms with E-state index in [1.807, 2.05) is 12.1 Å². The summed E-state index contributed by atoms with van der Waals surface area (Å²) in [7, 11) is 0. The van der Waals surface area contributed by atoms with E-state index in [-0.39, 0.29) is 43.4 Å². The summed E-state index contributed by atoms with van der Waals surface area (Å²) in [4.78, 5) is 18.3. The van der Waals surface area contributed by atoms with Gasteiger partial charge in [0.05, 0.1) is 5.02 Å². The number of rotatable bonds is 3. The molecule has 2 aromatic rings. The summed E-state index contributed by atoms with van der Waals surface area (Å²) in [5.41, 5.74) is 6.57. The highest BCUT2D eigenvalue weighted by Gasteiger charge is 2.21. The molecule has 3 rings (SSSR count). The van der Waals surface area contributed by atoms with Crippen LogP contribution in [0.3, 0.4) is 0 Å². The number of hydrogen-bond acceptors (Lipinski definition) is 4. The predicted molar refractivity (Wildman–Crippen MR) is 101 cm³/mol.